The third kappa shape index (κ3) is 3.95. The average Bonchev–Trinajstić information content (AvgIpc) is 3.28. The van der Waals surface area contributed by atoms with Gasteiger partial charge >= 0.3 is 0 Å². The fraction of sp³-hybridized carbons (Fsp3) is 0. The van der Waals surface area contributed by atoms with Crippen LogP contribution in [0.4, 0.5) is 0 Å². The first-order valence-electron chi connectivity index (χ1n) is 10.5. The molecule has 0 aliphatic rings. The highest BCUT2D eigenvalue weighted by atomic mass is 35.5. The van der Waals surface area contributed by atoms with Crippen LogP contribution in [0.5, 0.6) is 0 Å². The molecule has 0 amide bonds. The van der Waals surface area contributed by atoms with Gasteiger partial charge in [0, 0.05) is 32.1 Å². The summed E-state index contributed by atoms with van der Waals surface area (Å²) in [7, 11) is 0. The minimum Gasteiger partial charge on any atom is -0.245 e. The summed E-state index contributed by atoms with van der Waals surface area (Å²) in [6.07, 6.45) is 0. The lowest BCUT2D eigenvalue weighted by Gasteiger charge is -2.18. The van der Waals surface area contributed by atoms with Crippen molar-refractivity contribution in [2.75, 3.05) is 0 Å². The van der Waals surface area contributed by atoms with Crippen molar-refractivity contribution in [2.45, 2.75) is 0 Å². The van der Waals surface area contributed by atoms with Crippen LogP contribution >= 0.6 is 46.9 Å². The largest absolute Gasteiger partial charge is 0.245 e. The van der Waals surface area contributed by atoms with E-state index in [4.69, 9.17) is 33.2 Å². The summed E-state index contributed by atoms with van der Waals surface area (Å²) in [5, 5.41) is 3.17. The normalized spacial score (nSPS) is 11.0. The number of halogens is 3. The highest BCUT2D eigenvalue weighted by molar-refractivity contribution is 7.21. The molecule has 0 unspecified atom stereocenters. The van der Waals surface area contributed by atoms with Crippen molar-refractivity contribution in [3.8, 4) is 33.0 Å². The molecule has 0 bridgehead atoms. The van der Waals surface area contributed by atoms with Crippen molar-refractivity contribution < 1.29 is 0 Å². The molecule has 0 fully saturated rings. The zero-order valence-corrected chi connectivity index (χ0v) is 20.8. The minimum absolute atomic E-state index is 0. The number of fused-ring (bicyclic) bond motifs is 2. The molecule has 0 radical (unpaired) electrons. The van der Waals surface area contributed by atoms with Gasteiger partial charge in [0.15, 0.2) is 0 Å². The van der Waals surface area contributed by atoms with Crippen LogP contribution in [0.3, 0.4) is 0 Å². The maximum Gasteiger partial charge on any atom is 0.143 e. The quantitative estimate of drug-likeness (QED) is 0.232. The van der Waals surface area contributed by atoms with Gasteiger partial charge in [0.05, 0.1) is 15.7 Å². The Bertz CT molecular complexity index is 1610. The number of para-hydroxylation sites is 1. The molecule has 0 saturated heterocycles. The van der Waals surface area contributed by atoms with Crippen LogP contribution in [0.15, 0.2) is 97.1 Å². The Kier molecular flexibility index (Phi) is 6.28. The zero-order chi connectivity index (χ0) is 22.4. The van der Waals surface area contributed by atoms with Crippen molar-refractivity contribution >= 4 is 68.1 Å². The Labute approximate surface area is 217 Å². The number of pyridine rings is 1. The predicted octanol–water partition coefficient (Wildman–Crippen LogP) is 9.57. The van der Waals surface area contributed by atoms with Gasteiger partial charge in [0.1, 0.15) is 10.7 Å². The molecule has 0 aliphatic heterocycles. The highest BCUT2D eigenvalue weighted by Gasteiger charge is 2.23. The van der Waals surface area contributed by atoms with E-state index >= 15 is 0 Å². The molecule has 34 heavy (non-hydrogen) atoms. The van der Waals surface area contributed by atoms with Crippen molar-refractivity contribution in [3.05, 3.63) is 107 Å². The number of rotatable bonds is 3. The van der Waals surface area contributed by atoms with E-state index in [1.54, 1.807) is 11.3 Å². The standard InChI is InChI=1S/C28H16Cl2N2S.ClH/c29-18-14-15-22-20(16-18)26(19-10-4-5-11-21(19)30)25(17-8-2-1-3-9-17)27(31-22)28-32-23-12-6-7-13-24(23)33-28;/h1-16H;1H. The maximum absolute atomic E-state index is 6.75. The van der Waals surface area contributed by atoms with E-state index in [2.05, 4.69) is 18.2 Å². The summed E-state index contributed by atoms with van der Waals surface area (Å²) < 4.78 is 1.13. The molecule has 166 valence electrons. The fourth-order valence-electron chi connectivity index (χ4n) is 4.19. The zero-order valence-electron chi connectivity index (χ0n) is 17.7. The van der Waals surface area contributed by atoms with Gasteiger partial charge in [-0.05, 0) is 42.0 Å². The lowest BCUT2D eigenvalue weighted by atomic mass is 9.90. The summed E-state index contributed by atoms with van der Waals surface area (Å²) in [5.41, 5.74) is 6.65. The van der Waals surface area contributed by atoms with E-state index in [-0.39, 0.29) is 12.4 Å². The summed E-state index contributed by atoms with van der Waals surface area (Å²) in [6.45, 7) is 0. The number of nitrogens with zero attached hydrogens (tertiary/aromatic N) is 2. The van der Waals surface area contributed by atoms with Gasteiger partial charge < -0.3 is 0 Å². The average molecular weight is 520 g/mol. The Hall–Kier alpha value is -2.95. The molecule has 0 aliphatic carbocycles. The summed E-state index contributed by atoms with van der Waals surface area (Å²) in [5.74, 6) is 0. The molecule has 2 heterocycles. The van der Waals surface area contributed by atoms with Gasteiger partial charge in [-0.15, -0.1) is 23.7 Å². The maximum atomic E-state index is 6.75. The first kappa shape index (κ1) is 22.8. The number of aromatic nitrogens is 2. The molecular formula is C28H17Cl3N2S. The van der Waals surface area contributed by atoms with Crippen molar-refractivity contribution in [1.82, 2.24) is 9.97 Å². The lowest BCUT2D eigenvalue weighted by Crippen LogP contribution is -1.96. The van der Waals surface area contributed by atoms with Crippen LogP contribution in [0.25, 0.3) is 54.1 Å². The van der Waals surface area contributed by atoms with Gasteiger partial charge in [-0.1, -0.05) is 83.9 Å². The summed E-state index contributed by atoms with van der Waals surface area (Å²) in [6, 6.07) is 32.2. The molecule has 0 saturated carbocycles. The van der Waals surface area contributed by atoms with Crippen molar-refractivity contribution in [2.24, 2.45) is 0 Å². The topological polar surface area (TPSA) is 25.8 Å². The summed E-state index contributed by atoms with van der Waals surface area (Å²) in [4.78, 5) is 10.1. The third-order valence-electron chi connectivity index (χ3n) is 5.65. The number of hydrogen-bond acceptors (Lipinski definition) is 3. The van der Waals surface area contributed by atoms with Gasteiger partial charge in [0.2, 0.25) is 0 Å². The van der Waals surface area contributed by atoms with E-state index in [0.717, 1.165) is 54.1 Å². The Morgan fingerprint density at radius 2 is 1.38 bits per heavy atom. The predicted molar refractivity (Wildman–Crippen MR) is 148 cm³/mol. The second-order valence-electron chi connectivity index (χ2n) is 7.70. The molecular weight excluding hydrogens is 503 g/mol. The number of benzene rings is 4. The van der Waals surface area contributed by atoms with E-state index in [9.17, 15) is 0 Å². The van der Waals surface area contributed by atoms with Crippen LogP contribution in [0, 0.1) is 0 Å². The fourth-order valence-corrected chi connectivity index (χ4v) is 5.56. The van der Waals surface area contributed by atoms with E-state index in [0.29, 0.717) is 10.0 Å². The first-order valence-corrected chi connectivity index (χ1v) is 12.1. The van der Waals surface area contributed by atoms with Gasteiger partial charge in [0.25, 0.3) is 0 Å². The van der Waals surface area contributed by atoms with E-state index in [1.807, 2.05) is 78.9 Å². The second-order valence-corrected chi connectivity index (χ2v) is 9.58. The molecule has 0 N–H and O–H groups in total. The Morgan fingerprint density at radius 3 is 2.18 bits per heavy atom. The molecule has 4 aromatic carbocycles. The van der Waals surface area contributed by atoms with E-state index < -0.39 is 0 Å². The Morgan fingerprint density at radius 1 is 0.647 bits per heavy atom. The number of thiazole rings is 1. The van der Waals surface area contributed by atoms with Crippen molar-refractivity contribution in [1.29, 1.82) is 0 Å². The Balaban J connectivity index is 0.00000241. The van der Waals surface area contributed by atoms with Crippen molar-refractivity contribution in [3.63, 3.8) is 0 Å². The van der Waals surface area contributed by atoms with Crippen LogP contribution in [0.2, 0.25) is 10.0 Å². The molecule has 2 nitrogen and oxygen atoms in total. The molecule has 6 aromatic rings. The van der Waals surface area contributed by atoms with Crippen LogP contribution < -0.4 is 0 Å². The van der Waals surface area contributed by atoms with E-state index in [1.165, 1.54) is 0 Å². The van der Waals surface area contributed by atoms with Gasteiger partial charge in [-0.3, -0.25) is 0 Å². The van der Waals surface area contributed by atoms with Crippen LogP contribution in [-0.2, 0) is 0 Å². The lowest BCUT2D eigenvalue weighted by molar-refractivity contribution is 1.36. The second kappa shape index (κ2) is 9.36. The van der Waals surface area contributed by atoms with Crippen LogP contribution in [0.1, 0.15) is 0 Å². The monoisotopic (exact) mass is 518 g/mol. The third-order valence-corrected chi connectivity index (χ3v) is 7.26. The molecule has 2 aromatic heterocycles. The van der Waals surface area contributed by atoms with Gasteiger partial charge in [-0.25, -0.2) is 9.97 Å². The molecule has 6 heteroatoms. The van der Waals surface area contributed by atoms with Gasteiger partial charge in [-0.2, -0.15) is 0 Å². The SMILES string of the molecule is Cl.Clc1ccc2nc(-c3nc4ccccc4s3)c(-c3ccccc3)c(-c3ccccc3Cl)c2c1. The summed E-state index contributed by atoms with van der Waals surface area (Å²) >= 11 is 14.9. The molecule has 6 rings (SSSR count). The minimum atomic E-state index is 0. The number of hydrogen-bond donors (Lipinski definition) is 0. The van der Waals surface area contributed by atoms with Crippen LogP contribution in [-0.4, -0.2) is 9.97 Å². The first-order chi connectivity index (χ1) is 16.2. The molecule has 0 spiro atoms. The highest BCUT2D eigenvalue weighted by Crippen LogP contribution is 2.46. The smallest absolute Gasteiger partial charge is 0.143 e. The molecule has 0 atom stereocenters.